The molecule has 0 radical (unpaired) electrons. The quantitative estimate of drug-likeness (QED) is 0.589. The van der Waals surface area contributed by atoms with E-state index in [9.17, 15) is 13.2 Å². The van der Waals surface area contributed by atoms with Crippen molar-refractivity contribution in [2.75, 3.05) is 5.32 Å². The highest BCUT2D eigenvalue weighted by Gasteiger charge is 2.31. The van der Waals surface area contributed by atoms with E-state index in [-0.39, 0.29) is 11.0 Å². The molecule has 0 aliphatic carbocycles. The van der Waals surface area contributed by atoms with E-state index in [0.29, 0.717) is 10.2 Å². The first-order chi connectivity index (χ1) is 9.25. The molecule has 2 aromatic rings. The van der Waals surface area contributed by atoms with Gasteiger partial charge >= 0.3 is 6.18 Å². The molecular formula is C12H6Br2ClF3N2. The van der Waals surface area contributed by atoms with E-state index in [1.807, 2.05) is 0 Å². The van der Waals surface area contributed by atoms with Crippen molar-refractivity contribution in [3.05, 3.63) is 50.0 Å². The van der Waals surface area contributed by atoms with Crippen LogP contribution in [0.15, 0.2) is 39.3 Å². The molecular weight excluding hydrogens is 424 g/mol. The molecule has 1 aromatic heterocycles. The van der Waals surface area contributed by atoms with Crippen LogP contribution < -0.4 is 5.32 Å². The van der Waals surface area contributed by atoms with E-state index in [0.717, 1.165) is 16.6 Å². The van der Waals surface area contributed by atoms with Crippen molar-refractivity contribution >= 4 is 55.0 Å². The first kappa shape index (κ1) is 15.6. The Hall–Kier alpha value is -0.790. The summed E-state index contributed by atoms with van der Waals surface area (Å²) < 4.78 is 39.6. The Kier molecular flexibility index (Phi) is 4.61. The number of nitrogens with zero attached hydrogens (tertiary/aromatic N) is 1. The van der Waals surface area contributed by atoms with Gasteiger partial charge in [-0.15, -0.1) is 0 Å². The third-order valence-corrected chi connectivity index (χ3v) is 3.69. The van der Waals surface area contributed by atoms with Gasteiger partial charge in [-0.3, -0.25) is 0 Å². The van der Waals surface area contributed by atoms with Gasteiger partial charge in [0.05, 0.1) is 11.3 Å². The van der Waals surface area contributed by atoms with Gasteiger partial charge in [-0.2, -0.15) is 13.2 Å². The van der Waals surface area contributed by atoms with Crippen LogP contribution in [0.4, 0.5) is 24.7 Å². The number of alkyl halides is 3. The van der Waals surface area contributed by atoms with E-state index in [2.05, 4.69) is 42.2 Å². The molecule has 0 amide bonds. The summed E-state index contributed by atoms with van der Waals surface area (Å²) in [4.78, 5) is 3.83. The molecule has 0 aliphatic rings. The lowest BCUT2D eigenvalue weighted by molar-refractivity contribution is -0.137. The molecule has 0 spiro atoms. The third-order valence-electron chi connectivity index (χ3n) is 2.31. The Labute approximate surface area is 134 Å². The van der Waals surface area contributed by atoms with Crippen molar-refractivity contribution in [3.8, 4) is 0 Å². The van der Waals surface area contributed by atoms with Crippen molar-refractivity contribution < 1.29 is 13.2 Å². The van der Waals surface area contributed by atoms with Crippen LogP contribution in [0.3, 0.4) is 0 Å². The van der Waals surface area contributed by atoms with E-state index in [1.54, 1.807) is 18.2 Å². The maximum Gasteiger partial charge on any atom is 0.416 e. The van der Waals surface area contributed by atoms with Crippen LogP contribution >= 0.6 is 43.5 Å². The van der Waals surface area contributed by atoms with Crippen LogP contribution in [-0.2, 0) is 6.18 Å². The smallest absolute Gasteiger partial charge is 0.339 e. The molecule has 0 fully saturated rings. The summed E-state index contributed by atoms with van der Waals surface area (Å²) in [5.41, 5.74) is -0.284. The van der Waals surface area contributed by atoms with E-state index in [4.69, 9.17) is 11.6 Å². The highest BCUT2D eigenvalue weighted by molar-refractivity contribution is 9.11. The minimum absolute atomic E-state index is 0.0172. The minimum Gasteiger partial charge on any atom is -0.339 e. The maximum atomic E-state index is 12.7. The molecule has 20 heavy (non-hydrogen) atoms. The van der Waals surface area contributed by atoms with Crippen molar-refractivity contribution in [1.82, 2.24) is 4.98 Å². The molecule has 0 saturated carbocycles. The predicted octanol–water partition coefficient (Wildman–Crippen LogP) is 6.02. The predicted molar refractivity (Wildman–Crippen MR) is 79.4 cm³/mol. The Bertz CT molecular complexity index is 647. The lowest BCUT2D eigenvalue weighted by Crippen LogP contribution is -2.07. The molecule has 0 atom stereocenters. The van der Waals surface area contributed by atoms with Gasteiger partial charge in [0.2, 0.25) is 0 Å². The van der Waals surface area contributed by atoms with Crippen molar-refractivity contribution in [3.63, 3.8) is 0 Å². The van der Waals surface area contributed by atoms with E-state index in [1.165, 1.54) is 0 Å². The summed E-state index contributed by atoms with van der Waals surface area (Å²) in [6.45, 7) is 0. The highest BCUT2D eigenvalue weighted by Crippen LogP contribution is 2.34. The molecule has 2 rings (SSSR count). The second kappa shape index (κ2) is 5.91. The van der Waals surface area contributed by atoms with Crippen LogP contribution in [-0.4, -0.2) is 4.98 Å². The summed E-state index contributed by atoms with van der Waals surface area (Å²) in [6.07, 6.45) is -4.47. The number of aromatic nitrogens is 1. The van der Waals surface area contributed by atoms with Gasteiger partial charge in [0.15, 0.2) is 0 Å². The molecule has 0 saturated heterocycles. The summed E-state index contributed by atoms with van der Waals surface area (Å²) in [7, 11) is 0. The zero-order valence-corrected chi connectivity index (χ0v) is 13.5. The first-order valence-corrected chi connectivity index (χ1v) is 7.19. The largest absolute Gasteiger partial charge is 0.416 e. The molecule has 1 aromatic carbocycles. The van der Waals surface area contributed by atoms with Gasteiger partial charge < -0.3 is 5.32 Å². The number of nitrogens with one attached hydrogen (secondary N) is 1. The van der Waals surface area contributed by atoms with Crippen LogP contribution in [0, 0.1) is 0 Å². The number of hydrogen-bond donors (Lipinski definition) is 1. The Morgan fingerprint density at radius 3 is 2.45 bits per heavy atom. The van der Waals surface area contributed by atoms with Gasteiger partial charge in [0.25, 0.3) is 0 Å². The molecule has 0 unspecified atom stereocenters. The van der Waals surface area contributed by atoms with Crippen molar-refractivity contribution in [2.45, 2.75) is 6.18 Å². The molecule has 0 aliphatic heterocycles. The number of halogens is 6. The number of pyridine rings is 1. The molecule has 2 nitrogen and oxygen atoms in total. The number of benzene rings is 1. The SMILES string of the molecule is FC(F)(F)c1cc(Cl)nc(Nc2cc(Br)ccc2Br)c1. The van der Waals surface area contributed by atoms with Gasteiger partial charge in [0.1, 0.15) is 11.0 Å². The molecule has 1 N–H and O–H groups in total. The minimum atomic E-state index is -4.47. The molecule has 1 heterocycles. The Morgan fingerprint density at radius 1 is 1.10 bits per heavy atom. The Balaban J connectivity index is 2.39. The summed E-state index contributed by atoms with van der Waals surface area (Å²) >= 11 is 12.2. The average Bonchev–Trinajstić information content (AvgIpc) is 2.32. The first-order valence-electron chi connectivity index (χ1n) is 5.22. The monoisotopic (exact) mass is 428 g/mol. The molecule has 106 valence electrons. The lowest BCUT2D eigenvalue weighted by atomic mass is 10.2. The normalized spacial score (nSPS) is 11.5. The average molecular weight is 430 g/mol. The second-order valence-corrected chi connectivity index (χ2v) is 5.97. The number of hydrogen-bond acceptors (Lipinski definition) is 2. The summed E-state index contributed by atoms with van der Waals surface area (Å²) in [6, 6.07) is 6.94. The molecule has 0 bridgehead atoms. The fraction of sp³-hybridized carbons (Fsp3) is 0.0833. The fourth-order valence-corrected chi connectivity index (χ4v) is 2.37. The van der Waals surface area contributed by atoms with E-state index >= 15 is 0 Å². The zero-order chi connectivity index (χ0) is 14.9. The summed E-state index contributed by atoms with van der Waals surface area (Å²) in [5, 5.41) is 2.57. The standard InChI is InChI=1S/C12H6Br2ClF3N2/c13-7-1-2-8(14)9(5-7)19-11-4-6(12(16,17)18)3-10(15)20-11/h1-5H,(H,19,20). The van der Waals surface area contributed by atoms with Gasteiger partial charge in [-0.1, -0.05) is 27.5 Å². The number of rotatable bonds is 2. The van der Waals surface area contributed by atoms with Crippen LogP contribution in [0.1, 0.15) is 5.56 Å². The van der Waals surface area contributed by atoms with Gasteiger partial charge in [-0.25, -0.2) is 4.98 Å². The van der Waals surface area contributed by atoms with Crippen molar-refractivity contribution in [1.29, 1.82) is 0 Å². The highest BCUT2D eigenvalue weighted by atomic mass is 79.9. The summed E-state index contributed by atoms with van der Waals surface area (Å²) in [5.74, 6) is 0.0172. The lowest BCUT2D eigenvalue weighted by Gasteiger charge is -2.12. The fourth-order valence-electron chi connectivity index (χ4n) is 1.46. The van der Waals surface area contributed by atoms with Gasteiger partial charge in [-0.05, 0) is 46.3 Å². The number of anilines is 2. The van der Waals surface area contributed by atoms with Gasteiger partial charge in [0, 0.05) is 8.95 Å². The maximum absolute atomic E-state index is 12.7. The zero-order valence-electron chi connectivity index (χ0n) is 9.60. The third kappa shape index (κ3) is 3.86. The second-order valence-electron chi connectivity index (χ2n) is 3.81. The van der Waals surface area contributed by atoms with Crippen LogP contribution in [0.5, 0.6) is 0 Å². The van der Waals surface area contributed by atoms with Crippen molar-refractivity contribution in [2.24, 2.45) is 0 Å². The Morgan fingerprint density at radius 2 is 1.80 bits per heavy atom. The van der Waals surface area contributed by atoms with Crippen LogP contribution in [0.2, 0.25) is 5.15 Å². The molecule has 8 heteroatoms. The topological polar surface area (TPSA) is 24.9 Å². The van der Waals surface area contributed by atoms with E-state index < -0.39 is 11.7 Å². The van der Waals surface area contributed by atoms with Crippen LogP contribution in [0.25, 0.3) is 0 Å².